The third kappa shape index (κ3) is 5.09. The van der Waals surface area contributed by atoms with Gasteiger partial charge in [-0.05, 0) is 93.0 Å². The van der Waals surface area contributed by atoms with Crippen molar-refractivity contribution >= 4 is 98.0 Å². The second-order valence-electron chi connectivity index (χ2n) is 16.3. The highest BCUT2D eigenvalue weighted by Crippen LogP contribution is 2.43. The Morgan fingerprint density at radius 2 is 0.984 bits per heavy atom. The molecule has 6 heteroatoms. The maximum atomic E-state index is 6.66. The molecule has 6 nitrogen and oxygen atoms in total. The number of hydrogen-bond donors (Lipinski definition) is 0. The molecule has 0 aliphatic rings. The molecule has 0 aliphatic carbocycles. The summed E-state index contributed by atoms with van der Waals surface area (Å²) < 4.78 is 15.6. The van der Waals surface area contributed by atoms with Crippen LogP contribution in [0, 0.1) is 0 Å². The molecule has 63 heavy (non-hydrogen) atoms. The van der Waals surface area contributed by atoms with Crippen molar-refractivity contribution in [2.24, 2.45) is 0 Å². The van der Waals surface area contributed by atoms with Crippen molar-refractivity contribution in [1.82, 2.24) is 19.5 Å². The van der Waals surface area contributed by atoms with E-state index in [1.807, 2.05) is 36.4 Å². The van der Waals surface area contributed by atoms with E-state index in [0.29, 0.717) is 17.5 Å². The fourth-order valence-electron chi connectivity index (χ4n) is 9.88. The highest BCUT2D eigenvalue weighted by atomic mass is 16.3. The van der Waals surface area contributed by atoms with Gasteiger partial charge in [-0.3, -0.25) is 0 Å². The van der Waals surface area contributed by atoms with Crippen LogP contribution in [0.2, 0.25) is 0 Å². The van der Waals surface area contributed by atoms with Gasteiger partial charge in [0.05, 0.1) is 16.6 Å². The Bertz CT molecular complexity index is 4230. The minimum absolute atomic E-state index is 0.524. The van der Waals surface area contributed by atoms with Crippen LogP contribution in [0.25, 0.3) is 138 Å². The maximum Gasteiger partial charge on any atom is 0.167 e. The molecule has 0 spiro atoms. The van der Waals surface area contributed by atoms with Gasteiger partial charge in [0.25, 0.3) is 0 Å². The molecule has 0 atom stereocenters. The first-order valence-electron chi connectivity index (χ1n) is 21.2. The normalized spacial score (nSPS) is 12.1. The zero-order valence-electron chi connectivity index (χ0n) is 33.6. The van der Waals surface area contributed by atoms with E-state index < -0.39 is 0 Å². The second kappa shape index (κ2) is 12.9. The summed E-state index contributed by atoms with van der Waals surface area (Å²) >= 11 is 0. The largest absolute Gasteiger partial charge is 0.456 e. The van der Waals surface area contributed by atoms with Crippen molar-refractivity contribution in [3.63, 3.8) is 0 Å². The summed E-state index contributed by atoms with van der Waals surface area (Å²) in [6.45, 7) is 0. The Labute approximate surface area is 358 Å². The van der Waals surface area contributed by atoms with E-state index in [1.54, 1.807) is 0 Å². The molecule has 292 valence electrons. The average Bonchev–Trinajstić information content (AvgIpc) is 4.02. The van der Waals surface area contributed by atoms with Crippen molar-refractivity contribution in [1.29, 1.82) is 0 Å². The fourth-order valence-corrected chi connectivity index (χ4v) is 9.88. The topological polar surface area (TPSA) is 69.9 Å². The van der Waals surface area contributed by atoms with Crippen LogP contribution in [0.1, 0.15) is 0 Å². The van der Waals surface area contributed by atoms with Gasteiger partial charge in [0.1, 0.15) is 22.3 Å². The second-order valence-corrected chi connectivity index (χ2v) is 16.3. The third-order valence-electron chi connectivity index (χ3n) is 12.8. The van der Waals surface area contributed by atoms with E-state index in [2.05, 4.69) is 162 Å². The molecular weight excluding hydrogens is 773 g/mol. The number of hydrogen-bond acceptors (Lipinski definition) is 5. The fraction of sp³-hybridized carbons (Fsp3) is 0. The number of benzene rings is 10. The summed E-state index contributed by atoms with van der Waals surface area (Å²) in [7, 11) is 0. The molecule has 10 aromatic carbocycles. The molecule has 4 heterocycles. The van der Waals surface area contributed by atoms with Crippen molar-refractivity contribution in [2.75, 3.05) is 0 Å². The predicted molar refractivity (Wildman–Crippen MR) is 258 cm³/mol. The van der Waals surface area contributed by atoms with Crippen LogP contribution in [-0.4, -0.2) is 19.5 Å². The number of nitrogens with zero attached hydrogens (tertiary/aromatic N) is 4. The van der Waals surface area contributed by atoms with Crippen LogP contribution in [0.4, 0.5) is 0 Å². The van der Waals surface area contributed by atoms with Crippen LogP contribution in [0.3, 0.4) is 0 Å². The van der Waals surface area contributed by atoms with Crippen LogP contribution < -0.4 is 0 Å². The molecule has 0 fully saturated rings. The average molecular weight is 805 g/mol. The molecule has 14 rings (SSSR count). The first-order chi connectivity index (χ1) is 31.2. The van der Waals surface area contributed by atoms with Gasteiger partial charge in [-0.2, -0.15) is 0 Å². The van der Waals surface area contributed by atoms with Crippen LogP contribution in [0.5, 0.6) is 0 Å². The molecular formula is C57H32N4O2. The summed E-state index contributed by atoms with van der Waals surface area (Å²) in [5.41, 5.74) is 8.99. The van der Waals surface area contributed by atoms with E-state index in [4.69, 9.17) is 23.8 Å². The molecule has 4 aromatic heterocycles. The Morgan fingerprint density at radius 3 is 1.83 bits per heavy atom. The van der Waals surface area contributed by atoms with Gasteiger partial charge in [-0.15, -0.1) is 0 Å². The molecule has 14 aromatic rings. The lowest BCUT2D eigenvalue weighted by molar-refractivity contribution is 0.669. The van der Waals surface area contributed by atoms with E-state index in [0.717, 1.165) is 98.8 Å². The van der Waals surface area contributed by atoms with Gasteiger partial charge in [0, 0.05) is 49.1 Å². The monoisotopic (exact) mass is 804 g/mol. The lowest BCUT2D eigenvalue weighted by Gasteiger charge is -2.14. The molecule has 0 radical (unpaired) electrons. The van der Waals surface area contributed by atoms with Gasteiger partial charge in [0.15, 0.2) is 17.5 Å². The van der Waals surface area contributed by atoms with Crippen LogP contribution in [-0.2, 0) is 0 Å². The number of aromatic nitrogens is 4. The van der Waals surface area contributed by atoms with E-state index in [9.17, 15) is 0 Å². The van der Waals surface area contributed by atoms with Crippen LogP contribution >= 0.6 is 0 Å². The van der Waals surface area contributed by atoms with E-state index in [-0.39, 0.29) is 0 Å². The van der Waals surface area contributed by atoms with E-state index >= 15 is 0 Å². The maximum absolute atomic E-state index is 6.66. The minimum Gasteiger partial charge on any atom is -0.456 e. The number of rotatable bonds is 4. The lowest BCUT2D eigenvalue weighted by atomic mass is 9.97. The lowest BCUT2D eigenvalue weighted by Crippen LogP contribution is -2.01. The van der Waals surface area contributed by atoms with Crippen molar-refractivity contribution in [2.45, 2.75) is 0 Å². The zero-order chi connectivity index (χ0) is 41.2. The predicted octanol–water partition coefficient (Wildman–Crippen LogP) is 15.2. The molecule has 0 bridgehead atoms. The highest BCUT2D eigenvalue weighted by molar-refractivity contribution is 6.22. The zero-order valence-corrected chi connectivity index (χ0v) is 33.6. The number of furan rings is 2. The first-order valence-corrected chi connectivity index (χ1v) is 21.2. The van der Waals surface area contributed by atoms with Crippen molar-refractivity contribution < 1.29 is 8.83 Å². The summed E-state index contributed by atoms with van der Waals surface area (Å²) in [5, 5.41) is 13.3. The SMILES string of the molecule is c1ccc2cc(-c3nc(-c4cc5oc6ccccc6c5c5ccc(-n6c7ccccc7c7cc8ccccc8cc76)cc45)nc(-c4cccc5c4oc4ccccc45)n3)ccc2c1. The molecule has 0 N–H and O–H groups in total. The highest BCUT2D eigenvalue weighted by Gasteiger charge is 2.23. The van der Waals surface area contributed by atoms with Gasteiger partial charge < -0.3 is 13.4 Å². The molecule has 0 saturated heterocycles. The van der Waals surface area contributed by atoms with Gasteiger partial charge in [-0.25, -0.2) is 15.0 Å². The van der Waals surface area contributed by atoms with Crippen molar-refractivity contribution in [3.05, 3.63) is 194 Å². The summed E-state index contributed by atoms with van der Waals surface area (Å²) in [4.78, 5) is 16.0. The molecule has 0 unspecified atom stereocenters. The summed E-state index contributed by atoms with van der Waals surface area (Å²) in [6, 6.07) is 68.1. The summed E-state index contributed by atoms with van der Waals surface area (Å²) in [6.07, 6.45) is 0. The standard InChI is InChI=1S/C57H32N4O2/c1-2-13-34-28-37(25-24-33(34)12-1)55-58-56(44-20-11-19-42-40-17-6-9-22-50(40)63-54(42)44)60-57(59-55)47-32-52-53(43-18-7-10-23-51(43)62-52)41-27-26-38(31-45(41)47)61-48-21-8-5-16-39(48)46-29-35-14-3-4-15-36(35)30-49(46)61/h1-32H. The summed E-state index contributed by atoms with van der Waals surface area (Å²) in [5.74, 6) is 1.63. The van der Waals surface area contributed by atoms with Crippen LogP contribution in [0.15, 0.2) is 203 Å². The Morgan fingerprint density at radius 1 is 0.333 bits per heavy atom. The Balaban J connectivity index is 1.09. The number of fused-ring (bicyclic) bond motifs is 13. The van der Waals surface area contributed by atoms with Crippen molar-refractivity contribution in [3.8, 4) is 39.9 Å². The van der Waals surface area contributed by atoms with Gasteiger partial charge >= 0.3 is 0 Å². The minimum atomic E-state index is 0.524. The quantitative estimate of drug-likeness (QED) is 0.177. The van der Waals surface area contributed by atoms with E-state index in [1.165, 1.54) is 21.5 Å². The Kier molecular flexibility index (Phi) is 7.02. The molecule has 0 amide bonds. The first kappa shape index (κ1) is 34.1. The third-order valence-corrected chi connectivity index (χ3v) is 12.8. The van der Waals surface area contributed by atoms with Gasteiger partial charge in [-0.1, -0.05) is 133 Å². The Hall–Kier alpha value is -8.61. The smallest absolute Gasteiger partial charge is 0.167 e. The van der Waals surface area contributed by atoms with Gasteiger partial charge in [0.2, 0.25) is 0 Å². The molecule has 0 saturated carbocycles. The number of para-hydroxylation sites is 4. The molecule has 0 aliphatic heterocycles.